The summed E-state index contributed by atoms with van der Waals surface area (Å²) < 4.78 is 39.3. The largest absolute Gasteiger partial charge is 0.382 e. The molecule has 0 atom stereocenters. The highest BCUT2D eigenvalue weighted by Gasteiger charge is 2.22. The zero-order valence-corrected chi connectivity index (χ0v) is 16.5. The zero-order chi connectivity index (χ0) is 23.3. The van der Waals surface area contributed by atoms with E-state index in [9.17, 15) is 18.4 Å². The monoisotopic (exact) mass is 438 g/mol. The Hall–Kier alpha value is -4.46. The van der Waals surface area contributed by atoms with Crippen molar-refractivity contribution in [2.75, 3.05) is 5.32 Å². The fourth-order valence-electron chi connectivity index (χ4n) is 2.97. The number of hydrogen-bond donors (Lipinski definition) is 5. The summed E-state index contributed by atoms with van der Waals surface area (Å²) in [4.78, 5) is 10.1. The molecule has 0 radical (unpaired) electrons. The molecule has 0 aliphatic carbocycles. The molecule has 3 aromatic rings. The molecule has 0 aliphatic heterocycles. The standard InChI is InChI=1S/C21H17F3N8/c22-14-3-1-2-4-15(14)29-8-11(6-25)5-16-13(7-26)17(18(32-16)20(27)28)12-9-30-21(19(23)24)31-10-12/h1-4,6,8-10,19,25,29,32H,5H2,(H3,27,28)/b11-8-,25-6?. The second-order valence-corrected chi connectivity index (χ2v) is 6.55. The number of H-pyrrole nitrogens is 1. The van der Waals surface area contributed by atoms with Gasteiger partial charge in [0.25, 0.3) is 6.43 Å². The Morgan fingerprint density at radius 3 is 2.53 bits per heavy atom. The van der Waals surface area contributed by atoms with Gasteiger partial charge >= 0.3 is 0 Å². The average Bonchev–Trinajstić information content (AvgIpc) is 3.16. The van der Waals surface area contributed by atoms with Gasteiger partial charge in [-0.15, -0.1) is 0 Å². The molecule has 0 aliphatic rings. The molecule has 0 saturated heterocycles. The maximum atomic E-state index is 13.8. The van der Waals surface area contributed by atoms with E-state index in [2.05, 4.69) is 20.3 Å². The molecule has 0 unspecified atom stereocenters. The summed E-state index contributed by atoms with van der Waals surface area (Å²) >= 11 is 0. The third kappa shape index (κ3) is 4.65. The number of anilines is 1. The van der Waals surface area contributed by atoms with Gasteiger partial charge in [0.15, 0.2) is 5.82 Å². The number of aromatic amines is 1. The second kappa shape index (κ2) is 9.57. The lowest BCUT2D eigenvalue weighted by atomic mass is 10.0. The van der Waals surface area contributed by atoms with Gasteiger partial charge in [0.1, 0.15) is 17.7 Å². The summed E-state index contributed by atoms with van der Waals surface area (Å²) in [5, 5.41) is 28.0. The molecule has 2 aromatic heterocycles. The Morgan fingerprint density at radius 2 is 1.97 bits per heavy atom. The molecule has 0 amide bonds. The Labute approximate surface area is 180 Å². The van der Waals surface area contributed by atoms with Crippen LogP contribution in [0.2, 0.25) is 0 Å². The lowest BCUT2D eigenvalue weighted by Gasteiger charge is -2.05. The minimum absolute atomic E-state index is 0.0457. The van der Waals surface area contributed by atoms with Gasteiger partial charge in [-0.1, -0.05) is 12.1 Å². The van der Waals surface area contributed by atoms with E-state index >= 15 is 0 Å². The van der Waals surface area contributed by atoms with Gasteiger partial charge in [-0.2, -0.15) is 5.26 Å². The first kappa shape index (κ1) is 22.2. The van der Waals surface area contributed by atoms with E-state index in [1.54, 1.807) is 12.1 Å². The van der Waals surface area contributed by atoms with Crippen molar-refractivity contribution in [3.8, 4) is 17.2 Å². The summed E-state index contributed by atoms with van der Waals surface area (Å²) in [6.07, 6.45) is 1.90. The third-order valence-electron chi connectivity index (χ3n) is 4.47. The molecule has 32 heavy (non-hydrogen) atoms. The van der Waals surface area contributed by atoms with Gasteiger partial charge in [0.2, 0.25) is 0 Å². The maximum Gasteiger partial charge on any atom is 0.297 e. The number of alkyl halides is 2. The van der Waals surface area contributed by atoms with Crippen LogP contribution in [0.15, 0.2) is 48.4 Å². The minimum atomic E-state index is -2.85. The summed E-state index contributed by atoms with van der Waals surface area (Å²) in [6.45, 7) is 0. The molecule has 8 nitrogen and oxygen atoms in total. The summed E-state index contributed by atoms with van der Waals surface area (Å²) in [5.41, 5.74) is 7.19. The number of rotatable bonds is 8. The smallest absolute Gasteiger partial charge is 0.297 e. The fourth-order valence-corrected chi connectivity index (χ4v) is 2.97. The van der Waals surface area contributed by atoms with Gasteiger partial charge in [0, 0.05) is 48.0 Å². The van der Waals surface area contributed by atoms with Crippen molar-refractivity contribution in [1.29, 1.82) is 16.1 Å². The van der Waals surface area contributed by atoms with Crippen LogP contribution in [-0.2, 0) is 6.42 Å². The fraction of sp³-hybridized carbons (Fsp3) is 0.0952. The highest BCUT2D eigenvalue weighted by molar-refractivity contribution is 6.01. The maximum absolute atomic E-state index is 13.8. The number of allylic oxidation sites excluding steroid dienone is 1. The van der Waals surface area contributed by atoms with Gasteiger partial charge in [-0.25, -0.2) is 23.1 Å². The van der Waals surface area contributed by atoms with Crippen LogP contribution in [0.25, 0.3) is 11.1 Å². The van der Waals surface area contributed by atoms with E-state index in [-0.39, 0.29) is 40.3 Å². The average molecular weight is 438 g/mol. The van der Waals surface area contributed by atoms with Gasteiger partial charge in [0.05, 0.1) is 16.9 Å². The summed E-state index contributed by atoms with van der Waals surface area (Å²) in [6, 6.07) is 8.02. The molecule has 1 aromatic carbocycles. The Morgan fingerprint density at radius 1 is 1.28 bits per heavy atom. The molecule has 0 bridgehead atoms. The normalized spacial score (nSPS) is 11.3. The Bertz CT molecular complexity index is 1220. The molecule has 3 rings (SSSR count). The van der Waals surface area contributed by atoms with E-state index in [1.807, 2.05) is 6.07 Å². The SMILES string of the molecule is N#Cc1c(C/C(C=N)=C/Nc2ccccc2F)[nH]c(C(=N)N)c1-c1cnc(C(F)F)nc1. The number of hydrogen-bond acceptors (Lipinski definition) is 6. The van der Waals surface area contributed by atoms with Crippen LogP contribution < -0.4 is 11.1 Å². The number of nitriles is 1. The Kier molecular flexibility index (Phi) is 6.65. The molecular weight excluding hydrogens is 421 g/mol. The van der Waals surface area contributed by atoms with E-state index in [4.69, 9.17) is 16.6 Å². The molecule has 0 fully saturated rings. The van der Waals surface area contributed by atoms with Gasteiger partial charge in [-0.05, 0) is 17.7 Å². The molecule has 6 N–H and O–H groups in total. The second-order valence-electron chi connectivity index (χ2n) is 6.55. The molecule has 11 heteroatoms. The highest BCUT2D eigenvalue weighted by Crippen LogP contribution is 2.31. The summed E-state index contributed by atoms with van der Waals surface area (Å²) in [5.74, 6) is -1.52. The van der Waals surface area contributed by atoms with Crippen LogP contribution in [0.5, 0.6) is 0 Å². The molecule has 0 spiro atoms. The van der Waals surface area contributed by atoms with Crippen molar-refractivity contribution in [2.45, 2.75) is 12.8 Å². The number of nitrogen functional groups attached to an aromatic ring is 1. The van der Waals surface area contributed by atoms with Crippen LogP contribution in [-0.4, -0.2) is 27.0 Å². The summed E-state index contributed by atoms with van der Waals surface area (Å²) in [7, 11) is 0. The number of amidine groups is 1. The van der Waals surface area contributed by atoms with Crippen LogP contribution in [0.3, 0.4) is 0 Å². The van der Waals surface area contributed by atoms with Crippen molar-refractivity contribution in [2.24, 2.45) is 5.73 Å². The van der Waals surface area contributed by atoms with Gasteiger partial charge in [-0.3, -0.25) is 5.41 Å². The number of nitrogens with two attached hydrogens (primary N) is 1. The zero-order valence-electron chi connectivity index (χ0n) is 16.5. The molecular formula is C21H17F3N8. The van der Waals surface area contributed by atoms with E-state index in [0.29, 0.717) is 11.3 Å². The van der Waals surface area contributed by atoms with E-state index < -0.39 is 18.1 Å². The minimum Gasteiger partial charge on any atom is -0.382 e. The van der Waals surface area contributed by atoms with Crippen molar-refractivity contribution in [1.82, 2.24) is 15.0 Å². The van der Waals surface area contributed by atoms with E-state index in [1.165, 1.54) is 18.3 Å². The van der Waals surface area contributed by atoms with E-state index in [0.717, 1.165) is 18.6 Å². The first-order valence-electron chi connectivity index (χ1n) is 9.16. The molecule has 162 valence electrons. The van der Waals surface area contributed by atoms with Crippen molar-refractivity contribution < 1.29 is 13.2 Å². The number of benzene rings is 1. The van der Waals surface area contributed by atoms with Crippen molar-refractivity contribution in [3.63, 3.8) is 0 Å². The highest BCUT2D eigenvalue weighted by atomic mass is 19.3. The van der Waals surface area contributed by atoms with Gasteiger partial charge < -0.3 is 21.4 Å². The number of aromatic nitrogens is 3. The molecule has 2 heterocycles. The predicted octanol–water partition coefficient (Wildman–Crippen LogP) is 3.89. The Balaban J connectivity index is 2.00. The van der Waals surface area contributed by atoms with Crippen LogP contribution in [0, 0.1) is 28.0 Å². The first-order valence-corrected chi connectivity index (χ1v) is 9.16. The lowest BCUT2D eigenvalue weighted by Crippen LogP contribution is -2.13. The number of nitrogens with one attached hydrogen (secondary N) is 4. The number of halogens is 3. The number of nitrogens with zero attached hydrogens (tertiary/aromatic N) is 3. The number of para-hydroxylation sites is 1. The topological polar surface area (TPSA) is 151 Å². The molecule has 0 saturated carbocycles. The van der Waals surface area contributed by atoms with Crippen LogP contribution in [0.4, 0.5) is 18.9 Å². The quantitative estimate of drug-likeness (QED) is 0.267. The third-order valence-corrected chi connectivity index (χ3v) is 4.47. The van der Waals surface area contributed by atoms with Crippen LogP contribution >= 0.6 is 0 Å². The lowest BCUT2D eigenvalue weighted by molar-refractivity contribution is 0.140. The predicted molar refractivity (Wildman–Crippen MR) is 113 cm³/mol. The van der Waals surface area contributed by atoms with Crippen molar-refractivity contribution in [3.05, 3.63) is 77.0 Å². The van der Waals surface area contributed by atoms with Crippen LogP contribution in [0.1, 0.15) is 29.2 Å². The first-order chi connectivity index (χ1) is 15.3. The van der Waals surface area contributed by atoms with Crippen molar-refractivity contribution >= 4 is 17.7 Å².